The summed E-state index contributed by atoms with van der Waals surface area (Å²) >= 11 is 1.08. The Labute approximate surface area is 140 Å². The molecule has 0 aliphatic heterocycles. The lowest BCUT2D eigenvalue weighted by atomic mass is 9.96. The van der Waals surface area contributed by atoms with Crippen molar-refractivity contribution in [2.45, 2.75) is 31.4 Å². The molecule has 7 nitrogen and oxygen atoms in total. The number of thiophene rings is 1. The van der Waals surface area contributed by atoms with Crippen molar-refractivity contribution in [1.29, 1.82) is 0 Å². The highest BCUT2D eigenvalue weighted by Crippen LogP contribution is 2.24. The van der Waals surface area contributed by atoms with Gasteiger partial charge in [-0.05, 0) is 18.6 Å². The van der Waals surface area contributed by atoms with Crippen LogP contribution in [-0.4, -0.2) is 49.8 Å². The third-order valence-corrected chi connectivity index (χ3v) is 6.41. The average molecular weight is 362 g/mol. The smallest absolute Gasteiger partial charge is 0.318 e. The molecule has 9 heteroatoms. The zero-order chi connectivity index (χ0) is 17.8. The Hall–Kier alpha value is -1.45. The number of sulfonamides is 1. The molecule has 0 atom stereocenters. The number of amides is 1. The second-order valence-corrected chi connectivity index (χ2v) is 9.57. The van der Waals surface area contributed by atoms with E-state index >= 15 is 0 Å². The SMILES string of the molecule is CN(CC(=O)O)S(=O)(=O)c1ccc(CCNC(=O)C(C)(C)C)s1. The first-order chi connectivity index (χ1) is 10.4. The number of rotatable bonds is 7. The van der Waals surface area contributed by atoms with E-state index in [-0.39, 0.29) is 10.1 Å². The van der Waals surface area contributed by atoms with Crippen LogP contribution < -0.4 is 5.32 Å². The Morgan fingerprint density at radius 1 is 1.30 bits per heavy atom. The van der Waals surface area contributed by atoms with E-state index in [1.54, 1.807) is 6.07 Å². The second-order valence-electron chi connectivity index (χ2n) is 6.13. The van der Waals surface area contributed by atoms with E-state index in [4.69, 9.17) is 5.11 Å². The van der Waals surface area contributed by atoms with Gasteiger partial charge in [-0.1, -0.05) is 20.8 Å². The van der Waals surface area contributed by atoms with E-state index in [9.17, 15) is 18.0 Å². The van der Waals surface area contributed by atoms with Crippen LogP contribution in [0.2, 0.25) is 0 Å². The molecule has 0 bridgehead atoms. The Balaban J connectivity index is 2.68. The molecule has 1 rings (SSSR count). The maximum Gasteiger partial charge on any atom is 0.318 e. The number of nitrogens with zero attached hydrogens (tertiary/aromatic N) is 1. The lowest BCUT2D eigenvalue weighted by molar-refractivity contribution is -0.137. The van der Waals surface area contributed by atoms with Gasteiger partial charge in [0, 0.05) is 23.9 Å². The lowest BCUT2D eigenvalue weighted by Crippen LogP contribution is -2.35. The minimum atomic E-state index is -3.79. The Bertz CT molecular complexity index is 674. The summed E-state index contributed by atoms with van der Waals surface area (Å²) in [6.07, 6.45) is 0.519. The molecule has 23 heavy (non-hydrogen) atoms. The van der Waals surface area contributed by atoms with Crippen molar-refractivity contribution in [3.05, 3.63) is 17.0 Å². The number of carbonyl (C=O) groups excluding carboxylic acids is 1. The molecule has 1 aromatic heterocycles. The fourth-order valence-corrected chi connectivity index (χ4v) is 4.31. The summed E-state index contributed by atoms with van der Waals surface area (Å²) in [5.74, 6) is -1.28. The molecule has 1 aromatic rings. The van der Waals surface area contributed by atoms with E-state index in [1.165, 1.54) is 13.1 Å². The van der Waals surface area contributed by atoms with Gasteiger partial charge < -0.3 is 10.4 Å². The summed E-state index contributed by atoms with van der Waals surface area (Å²) in [4.78, 5) is 23.2. The van der Waals surface area contributed by atoms with Gasteiger partial charge in [-0.2, -0.15) is 4.31 Å². The zero-order valence-electron chi connectivity index (χ0n) is 13.6. The summed E-state index contributed by atoms with van der Waals surface area (Å²) < 4.78 is 25.3. The molecule has 130 valence electrons. The molecule has 1 heterocycles. The van der Waals surface area contributed by atoms with Gasteiger partial charge in [-0.25, -0.2) is 8.42 Å². The van der Waals surface area contributed by atoms with Crippen LogP contribution in [0.15, 0.2) is 16.3 Å². The van der Waals surface area contributed by atoms with Gasteiger partial charge in [0.25, 0.3) is 10.0 Å². The number of carboxylic acid groups (broad SMARTS) is 1. The fourth-order valence-electron chi connectivity index (χ4n) is 1.62. The molecule has 0 saturated heterocycles. The Morgan fingerprint density at radius 3 is 2.43 bits per heavy atom. The number of likely N-dealkylation sites (N-methyl/N-ethyl adjacent to an activating group) is 1. The quantitative estimate of drug-likeness (QED) is 0.757. The van der Waals surface area contributed by atoms with E-state index in [0.29, 0.717) is 13.0 Å². The fraction of sp³-hybridized carbons (Fsp3) is 0.571. The third kappa shape index (κ3) is 5.60. The second kappa shape index (κ2) is 7.41. The van der Waals surface area contributed by atoms with Crippen LogP contribution in [0.5, 0.6) is 0 Å². The van der Waals surface area contributed by atoms with Crippen molar-refractivity contribution in [2.24, 2.45) is 5.41 Å². The molecule has 0 spiro atoms. The van der Waals surface area contributed by atoms with Crippen LogP contribution in [-0.2, 0) is 26.0 Å². The van der Waals surface area contributed by atoms with Crippen molar-refractivity contribution >= 4 is 33.2 Å². The summed E-state index contributed by atoms with van der Waals surface area (Å²) in [6.45, 7) is 5.28. The number of carboxylic acids is 1. The third-order valence-electron chi connectivity index (χ3n) is 3.00. The van der Waals surface area contributed by atoms with Gasteiger partial charge in [0.2, 0.25) is 5.91 Å². The predicted octanol–water partition coefficient (Wildman–Crippen LogP) is 1.16. The van der Waals surface area contributed by atoms with Crippen molar-refractivity contribution in [3.8, 4) is 0 Å². The lowest BCUT2D eigenvalue weighted by Gasteiger charge is -2.17. The van der Waals surface area contributed by atoms with Gasteiger partial charge in [-0.3, -0.25) is 9.59 Å². The molecule has 2 N–H and O–H groups in total. The van der Waals surface area contributed by atoms with Crippen LogP contribution >= 0.6 is 11.3 Å². The molecular weight excluding hydrogens is 340 g/mol. The highest BCUT2D eigenvalue weighted by molar-refractivity contribution is 7.91. The topological polar surface area (TPSA) is 104 Å². The van der Waals surface area contributed by atoms with Gasteiger partial charge in [0.15, 0.2) is 0 Å². The highest BCUT2D eigenvalue weighted by atomic mass is 32.2. The van der Waals surface area contributed by atoms with Crippen molar-refractivity contribution in [1.82, 2.24) is 9.62 Å². The molecule has 0 aromatic carbocycles. The van der Waals surface area contributed by atoms with E-state index in [1.807, 2.05) is 20.8 Å². The number of carbonyl (C=O) groups is 2. The first-order valence-electron chi connectivity index (χ1n) is 6.99. The normalized spacial score (nSPS) is 12.4. The molecule has 0 unspecified atom stereocenters. The van der Waals surface area contributed by atoms with Crippen molar-refractivity contribution in [2.75, 3.05) is 20.1 Å². The van der Waals surface area contributed by atoms with Crippen LogP contribution in [0.3, 0.4) is 0 Å². The molecule has 0 aliphatic carbocycles. The van der Waals surface area contributed by atoms with Gasteiger partial charge in [-0.15, -0.1) is 11.3 Å². The van der Waals surface area contributed by atoms with Gasteiger partial charge in [0.1, 0.15) is 10.8 Å². The summed E-state index contributed by atoms with van der Waals surface area (Å²) in [5.41, 5.74) is -0.469. The molecule has 1 amide bonds. The standard InChI is InChI=1S/C14H22N2O5S2/c1-14(2,3)13(19)15-8-7-10-5-6-12(22-10)23(20,21)16(4)9-11(17)18/h5-6H,7-9H2,1-4H3,(H,15,19)(H,17,18). The van der Waals surface area contributed by atoms with Crippen molar-refractivity contribution < 1.29 is 23.1 Å². The van der Waals surface area contributed by atoms with E-state index in [0.717, 1.165) is 20.5 Å². The number of hydrogen-bond donors (Lipinski definition) is 2. The minimum absolute atomic E-state index is 0.0666. The molecule has 0 aliphatic rings. The maximum atomic E-state index is 12.2. The van der Waals surface area contributed by atoms with Crippen LogP contribution in [0.25, 0.3) is 0 Å². The number of hydrogen-bond acceptors (Lipinski definition) is 5. The summed E-state index contributed by atoms with van der Waals surface area (Å²) in [6, 6.07) is 3.13. The number of aliphatic carboxylic acids is 1. The largest absolute Gasteiger partial charge is 0.480 e. The van der Waals surface area contributed by atoms with Crippen LogP contribution in [0, 0.1) is 5.41 Å². The first kappa shape index (κ1) is 19.6. The monoisotopic (exact) mass is 362 g/mol. The van der Waals surface area contributed by atoms with Gasteiger partial charge in [0.05, 0.1) is 0 Å². The van der Waals surface area contributed by atoms with E-state index < -0.39 is 28.0 Å². The molecule has 0 radical (unpaired) electrons. The van der Waals surface area contributed by atoms with Crippen LogP contribution in [0.1, 0.15) is 25.6 Å². The summed E-state index contributed by atoms with van der Waals surface area (Å²) in [7, 11) is -2.57. The minimum Gasteiger partial charge on any atom is -0.480 e. The average Bonchev–Trinajstić information content (AvgIpc) is 2.86. The maximum absolute atomic E-state index is 12.2. The molecular formula is C14H22N2O5S2. The Kier molecular flexibility index (Phi) is 6.32. The predicted molar refractivity (Wildman–Crippen MR) is 87.9 cm³/mol. The number of nitrogens with one attached hydrogen (secondary N) is 1. The molecule has 0 saturated carbocycles. The first-order valence-corrected chi connectivity index (χ1v) is 9.25. The summed E-state index contributed by atoms with van der Waals surface area (Å²) in [5, 5.41) is 11.5. The van der Waals surface area contributed by atoms with Gasteiger partial charge >= 0.3 is 5.97 Å². The Morgan fingerprint density at radius 2 is 1.91 bits per heavy atom. The molecule has 0 fully saturated rings. The van der Waals surface area contributed by atoms with Crippen molar-refractivity contribution in [3.63, 3.8) is 0 Å². The van der Waals surface area contributed by atoms with Crippen LogP contribution in [0.4, 0.5) is 0 Å². The van der Waals surface area contributed by atoms with E-state index in [2.05, 4.69) is 5.32 Å². The highest BCUT2D eigenvalue weighted by Gasteiger charge is 2.25. The zero-order valence-corrected chi connectivity index (χ0v) is 15.3.